The van der Waals surface area contributed by atoms with Crippen LogP contribution in [0.5, 0.6) is 0 Å². The first kappa shape index (κ1) is 17.8. The Bertz CT molecular complexity index is 660. The number of halogens is 1. The number of hydrogen-bond acceptors (Lipinski definition) is 5. The third-order valence-electron chi connectivity index (χ3n) is 3.09. The molecule has 124 valence electrons. The largest absolute Gasteiger partial charge is 0.383 e. The normalized spacial score (nSPS) is 12.2. The molecule has 0 aliphatic carbocycles. The zero-order chi connectivity index (χ0) is 16.8. The van der Waals surface area contributed by atoms with E-state index in [0.717, 1.165) is 11.4 Å². The second-order valence-corrected chi connectivity index (χ2v) is 6.46. The van der Waals surface area contributed by atoms with E-state index in [2.05, 4.69) is 15.5 Å². The maximum atomic E-state index is 11.9. The van der Waals surface area contributed by atoms with E-state index in [-0.39, 0.29) is 17.7 Å². The van der Waals surface area contributed by atoms with E-state index in [4.69, 9.17) is 16.3 Å². The second kappa shape index (κ2) is 8.33. The van der Waals surface area contributed by atoms with Crippen LogP contribution in [0.1, 0.15) is 6.92 Å². The van der Waals surface area contributed by atoms with Crippen LogP contribution in [-0.4, -0.2) is 46.2 Å². The quantitative estimate of drug-likeness (QED) is 0.773. The smallest absolute Gasteiger partial charge is 0.230 e. The Labute approximate surface area is 144 Å². The van der Waals surface area contributed by atoms with Gasteiger partial charge in [0.05, 0.1) is 12.4 Å². The Morgan fingerprint density at radius 2 is 2.09 bits per heavy atom. The summed E-state index contributed by atoms with van der Waals surface area (Å²) in [6.45, 7) is 2.38. The average molecular weight is 355 g/mol. The van der Waals surface area contributed by atoms with Gasteiger partial charge >= 0.3 is 0 Å². The highest BCUT2D eigenvalue weighted by Crippen LogP contribution is 2.23. The average Bonchev–Trinajstić information content (AvgIpc) is 2.87. The van der Waals surface area contributed by atoms with Gasteiger partial charge in [0.25, 0.3) is 0 Å². The van der Waals surface area contributed by atoms with Crippen LogP contribution in [0.3, 0.4) is 0 Å². The summed E-state index contributed by atoms with van der Waals surface area (Å²) in [5.41, 5.74) is 0.925. The molecule has 0 aliphatic heterocycles. The zero-order valence-electron chi connectivity index (χ0n) is 13.2. The first-order valence-electron chi connectivity index (χ1n) is 7.07. The zero-order valence-corrected chi connectivity index (χ0v) is 14.8. The van der Waals surface area contributed by atoms with Crippen molar-refractivity contribution in [1.82, 2.24) is 20.1 Å². The monoisotopic (exact) mass is 354 g/mol. The van der Waals surface area contributed by atoms with Crippen molar-refractivity contribution in [3.63, 3.8) is 0 Å². The third kappa shape index (κ3) is 4.95. The van der Waals surface area contributed by atoms with E-state index < -0.39 is 0 Å². The van der Waals surface area contributed by atoms with Gasteiger partial charge in [-0.15, -0.1) is 10.2 Å². The summed E-state index contributed by atoms with van der Waals surface area (Å²) in [4.78, 5) is 11.9. The number of benzene rings is 1. The van der Waals surface area contributed by atoms with E-state index in [1.165, 1.54) is 11.8 Å². The Kier molecular flexibility index (Phi) is 6.44. The fraction of sp³-hybridized carbons (Fsp3) is 0.400. The minimum Gasteiger partial charge on any atom is -0.383 e. The van der Waals surface area contributed by atoms with E-state index >= 15 is 0 Å². The molecule has 0 radical (unpaired) electrons. The number of aromatic nitrogens is 3. The van der Waals surface area contributed by atoms with Crippen LogP contribution in [0.2, 0.25) is 5.02 Å². The molecule has 1 amide bonds. The topological polar surface area (TPSA) is 69.0 Å². The van der Waals surface area contributed by atoms with Gasteiger partial charge in [0, 0.05) is 30.8 Å². The van der Waals surface area contributed by atoms with Gasteiger partial charge in [0.1, 0.15) is 0 Å². The first-order chi connectivity index (χ1) is 11.0. The van der Waals surface area contributed by atoms with Gasteiger partial charge in [-0.1, -0.05) is 23.4 Å². The number of nitrogens with zero attached hydrogens (tertiary/aromatic N) is 3. The maximum absolute atomic E-state index is 11.9. The molecule has 0 saturated carbocycles. The first-order valence-corrected chi connectivity index (χ1v) is 8.44. The van der Waals surface area contributed by atoms with Gasteiger partial charge in [0.15, 0.2) is 11.0 Å². The number of carbonyl (C=O) groups is 1. The number of methoxy groups -OCH3 is 1. The van der Waals surface area contributed by atoms with E-state index in [1.807, 2.05) is 42.8 Å². The Hall–Kier alpha value is -1.57. The number of nitrogens with one attached hydrogen (secondary N) is 1. The minimum atomic E-state index is -0.0596. The summed E-state index contributed by atoms with van der Waals surface area (Å²) in [6, 6.07) is 7.38. The molecule has 0 saturated heterocycles. The molecular formula is C15H19ClN4O2S. The number of carbonyl (C=O) groups excluding carboxylic acids is 1. The van der Waals surface area contributed by atoms with Crippen LogP contribution in [0.4, 0.5) is 0 Å². The summed E-state index contributed by atoms with van der Waals surface area (Å²) in [5.74, 6) is 0.952. The van der Waals surface area contributed by atoms with Crippen molar-refractivity contribution < 1.29 is 9.53 Å². The molecule has 2 rings (SSSR count). The highest BCUT2D eigenvalue weighted by Gasteiger charge is 2.13. The lowest BCUT2D eigenvalue weighted by Gasteiger charge is -2.12. The number of rotatable bonds is 7. The van der Waals surface area contributed by atoms with E-state index in [0.29, 0.717) is 16.8 Å². The molecular weight excluding hydrogens is 336 g/mol. The van der Waals surface area contributed by atoms with Crippen LogP contribution in [-0.2, 0) is 16.6 Å². The van der Waals surface area contributed by atoms with Crippen LogP contribution < -0.4 is 5.32 Å². The van der Waals surface area contributed by atoms with Crippen LogP contribution in [0.25, 0.3) is 11.4 Å². The Balaban J connectivity index is 1.97. The lowest BCUT2D eigenvalue weighted by Crippen LogP contribution is -2.36. The van der Waals surface area contributed by atoms with E-state index in [1.54, 1.807) is 7.11 Å². The summed E-state index contributed by atoms with van der Waals surface area (Å²) < 4.78 is 6.85. The summed E-state index contributed by atoms with van der Waals surface area (Å²) in [7, 11) is 3.48. The lowest BCUT2D eigenvalue weighted by molar-refractivity contribution is -0.119. The van der Waals surface area contributed by atoms with Gasteiger partial charge in [-0.25, -0.2) is 0 Å². The Morgan fingerprint density at radius 3 is 2.74 bits per heavy atom. The predicted octanol–water partition coefficient (Wildman–Crippen LogP) is 2.38. The van der Waals surface area contributed by atoms with E-state index in [9.17, 15) is 4.79 Å². The van der Waals surface area contributed by atoms with Crippen molar-refractivity contribution >= 4 is 29.3 Å². The number of ether oxygens (including phenoxy) is 1. The van der Waals surface area contributed by atoms with Crippen LogP contribution in [0.15, 0.2) is 29.4 Å². The van der Waals surface area contributed by atoms with Crippen molar-refractivity contribution in [2.45, 2.75) is 18.1 Å². The molecule has 1 atom stereocenters. The molecule has 0 spiro atoms. The molecule has 0 fully saturated rings. The van der Waals surface area contributed by atoms with Crippen molar-refractivity contribution in [1.29, 1.82) is 0 Å². The summed E-state index contributed by atoms with van der Waals surface area (Å²) >= 11 is 7.24. The molecule has 1 aromatic heterocycles. The summed E-state index contributed by atoms with van der Waals surface area (Å²) in [5, 5.41) is 12.5. The number of hydrogen-bond donors (Lipinski definition) is 1. The summed E-state index contributed by atoms with van der Waals surface area (Å²) in [6.07, 6.45) is 0. The van der Waals surface area contributed by atoms with Crippen molar-refractivity contribution in [2.24, 2.45) is 7.05 Å². The van der Waals surface area contributed by atoms with Gasteiger partial charge in [-0.05, 0) is 31.2 Å². The predicted molar refractivity (Wildman–Crippen MR) is 91.7 cm³/mol. The fourth-order valence-corrected chi connectivity index (χ4v) is 2.88. The molecule has 8 heteroatoms. The second-order valence-electron chi connectivity index (χ2n) is 5.08. The molecule has 0 aliphatic rings. The molecule has 0 unspecified atom stereocenters. The van der Waals surface area contributed by atoms with Crippen molar-refractivity contribution in [3.05, 3.63) is 29.3 Å². The van der Waals surface area contributed by atoms with Gasteiger partial charge in [-0.3, -0.25) is 4.79 Å². The van der Waals surface area contributed by atoms with Crippen molar-refractivity contribution in [2.75, 3.05) is 19.5 Å². The molecule has 23 heavy (non-hydrogen) atoms. The molecule has 0 bridgehead atoms. The molecule has 1 heterocycles. The van der Waals surface area contributed by atoms with Crippen molar-refractivity contribution in [3.8, 4) is 11.4 Å². The Morgan fingerprint density at radius 1 is 1.39 bits per heavy atom. The number of thioether (sulfide) groups is 1. The SMILES string of the molecule is COC[C@H](C)NC(=O)CSc1nnc(-c2ccc(Cl)cc2)n1C. The maximum Gasteiger partial charge on any atom is 0.230 e. The molecule has 1 N–H and O–H groups in total. The van der Waals surface area contributed by atoms with Crippen LogP contribution in [0, 0.1) is 0 Å². The van der Waals surface area contributed by atoms with Gasteiger partial charge in [0.2, 0.25) is 5.91 Å². The van der Waals surface area contributed by atoms with Gasteiger partial charge in [-0.2, -0.15) is 0 Å². The minimum absolute atomic E-state index is 0.0165. The molecule has 6 nitrogen and oxygen atoms in total. The lowest BCUT2D eigenvalue weighted by atomic mass is 10.2. The number of amides is 1. The van der Waals surface area contributed by atoms with Crippen LogP contribution >= 0.6 is 23.4 Å². The highest BCUT2D eigenvalue weighted by atomic mass is 35.5. The van der Waals surface area contributed by atoms with Gasteiger partial charge < -0.3 is 14.6 Å². The highest BCUT2D eigenvalue weighted by molar-refractivity contribution is 7.99. The third-order valence-corrected chi connectivity index (χ3v) is 4.37. The fourth-order valence-electron chi connectivity index (χ4n) is 2.03. The molecule has 1 aromatic carbocycles. The standard InChI is InChI=1S/C15H19ClN4O2S/c1-10(8-22-3)17-13(21)9-23-15-19-18-14(20(15)2)11-4-6-12(16)7-5-11/h4-7,10H,8-9H2,1-3H3,(H,17,21)/t10-/m0/s1. The molecule has 2 aromatic rings.